The minimum Gasteiger partial charge on any atom is -0.414 e. The minimum absolute atomic E-state index is 0.221. The fraction of sp³-hybridized carbons (Fsp3) is 0.667. The summed E-state index contributed by atoms with van der Waals surface area (Å²) in [7, 11) is 3.27. The smallest absolute Gasteiger partial charge is 0.414 e. The van der Waals surface area contributed by atoms with Crippen LogP contribution in [0.15, 0.2) is 11.8 Å². The molecule has 0 heterocycles. The number of amides is 1. The Morgan fingerprint density at radius 3 is 2.38 bits per heavy atom. The van der Waals surface area contributed by atoms with Gasteiger partial charge in [0, 0.05) is 20.0 Å². The van der Waals surface area contributed by atoms with E-state index in [0.29, 0.717) is 5.76 Å². The van der Waals surface area contributed by atoms with Crippen molar-refractivity contribution in [2.45, 2.75) is 20.8 Å². The van der Waals surface area contributed by atoms with Gasteiger partial charge in [0.2, 0.25) is 0 Å². The molecule has 0 fully saturated rings. The molecular formula is C9H18N2O2. The van der Waals surface area contributed by atoms with Gasteiger partial charge in [-0.1, -0.05) is 13.8 Å². The normalized spacial score (nSPS) is 11.7. The maximum absolute atomic E-state index is 11.2. The highest BCUT2D eigenvalue weighted by Crippen LogP contribution is 2.11. The van der Waals surface area contributed by atoms with Crippen LogP contribution >= 0.6 is 0 Å². The monoisotopic (exact) mass is 186 g/mol. The van der Waals surface area contributed by atoms with E-state index in [1.807, 2.05) is 20.8 Å². The van der Waals surface area contributed by atoms with Crippen LogP contribution in [0.3, 0.4) is 0 Å². The number of carbonyl (C=O) groups is 1. The van der Waals surface area contributed by atoms with Crippen molar-refractivity contribution in [2.75, 3.05) is 14.1 Å². The highest BCUT2D eigenvalue weighted by molar-refractivity contribution is 5.67. The summed E-state index contributed by atoms with van der Waals surface area (Å²) >= 11 is 0. The average Bonchev–Trinajstić information content (AvgIpc) is 2.11. The van der Waals surface area contributed by atoms with Crippen molar-refractivity contribution in [1.82, 2.24) is 10.4 Å². The molecule has 4 nitrogen and oxygen atoms in total. The summed E-state index contributed by atoms with van der Waals surface area (Å²) in [6.45, 7) is 5.80. The first-order valence-corrected chi connectivity index (χ1v) is 4.32. The van der Waals surface area contributed by atoms with Crippen LogP contribution in [0.4, 0.5) is 4.79 Å². The molecule has 1 amide bonds. The maximum atomic E-state index is 11.2. The van der Waals surface area contributed by atoms with Crippen LogP contribution in [-0.2, 0) is 4.74 Å². The van der Waals surface area contributed by atoms with Crippen molar-refractivity contribution in [3.63, 3.8) is 0 Å². The lowest BCUT2D eigenvalue weighted by Crippen LogP contribution is -2.37. The topological polar surface area (TPSA) is 41.6 Å². The van der Waals surface area contributed by atoms with Crippen molar-refractivity contribution in [1.29, 1.82) is 0 Å². The van der Waals surface area contributed by atoms with Gasteiger partial charge in [0.15, 0.2) is 0 Å². The van der Waals surface area contributed by atoms with Crippen LogP contribution in [0.5, 0.6) is 0 Å². The van der Waals surface area contributed by atoms with Gasteiger partial charge in [0.1, 0.15) is 5.76 Å². The van der Waals surface area contributed by atoms with Gasteiger partial charge < -0.3 is 4.74 Å². The highest BCUT2D eigenvalue weighted by atomic mass is 16.6. The number of hydrogen-bond acceptors (Lipinski definition) is 3. The van der Waals surface area contributed by atoms with E-state index in [1.165, 1.54) is 5.01 Å². The van der Waals surface area contributed by atoms with Crippen LogP contribution in [0, 0.1) is 5.92 Å². The first-order valence-electron chi connectivity index (χ1n) is 4.32. The molecule has 0 aliphatic heterocycles. The number of allylic oxidation sites excluding steroid dienone is 2. The van der Waals surface area contributed by atoms with E-state index in [0.717, 1.165) is 0 Å². The molecule has 0 aromatic rings. The molecule has 0 spiro atoms. The lowest BCUT2D eigenvalue weighted by molar-refractivity contribution is 0.116. The summed E-state index contributed by atoms with van der Waals surface area (Å²) < 4.78 is 5.10. The summed E-state index contributed by atoms with van der Waals surface area (Å²) in [4.78, 5) is 11.2. The average molecular weight is 186 g/mol. The molecule has 0 atom stereocenters. The first-order chi connectivity index (χ1) is 6.02. The Kier molecular flexibility index (Phi) is 5.14. The Hall–Kier alpha value is -1.03. The minimum atomic E-state index is -0.399. The number of nitrogens with zero attached hydrogens (tertiary/aromatic N) is 1. The highest BCUT2D eigenvalue weighted by Gasteiger charge is 2.12. The summed E-state index contributed by atoms with van der Waals surface area (Å²) in [5, 5.41) is 1.28. The van der Waals surface area contributed by atoms with E-state index in [9.17, 15) is 4.79 Å². The van der Waals surface area contributed by atoms with Gasteiger partial charge in [-0.15, -0.1) is 0 Å². The van der Waals surface area contributed by atoms with Crippen LogP contribution in [0.2, 0.25) is 0 Å². The third kappa shape index (κ3) is 3.94. The van der Waals surface area contributed by atoms with Gasteiger partial charge in [-0.25, -0.2) is 15.2 Å². The standard InChI is InChI=1S/C9H18N2O2/c1-6-8(7(2)3)13-9(12)11(5)10-4/h6-7,10H,1-5H3/b8-6+. The summed E-state index contributed by atoms with van der Waals surface area (Å²) in [5.41, 5.74) is 2.66. The van der Waals surface area contributed by atoms with Gasteiger partial charge in [-0.05, 0) is 13.0 Å². The summed E-state index contributed by atoms with van der Waals surface area (Å²) in [5.74, 6) is 0.909. The maximum Gasteiger partial charge on any atom is 0.429 e. The van der Waals surface area contributed by atoms with Crippen LogP contribution in [-0.4, -0.2) is 25.2 Å². The number of nitrogens with one attached hydrogen (secondary N) is 1. The molecular weight excluding hydrogens is 168 g/mol. The van der Waals surface area contributed by atoms with Crippen molar-refractivity contribution < 1.29 is 9.53 Å². The Morgan fingerprint density at radius 1 is 1.54 bits per heavy atom. The Morgan fingerprint density at radius 2 is 2.08 bits per heavy atom. The summed E-state index contributed by atoms with van der Waals surface area (Å²) in [6, 6.07) is 0. The van der Waals surface area contributed by atoms with E-state index < -0.39 is 6.09 Å². The summed E-state index contributed by atoms with van der Waals surface area (Å²) in [6.07, 6.45) is 1.40. The zero-order chi connectivity index (χ0) is 10.4. The third-order valence-corrected chi connectivity index (χ3v) is 1.67. The number of hydrazine groups is 1. The van der Waals surface area contributed by atoms with Gasteiger partial charge >= 0.3 is 6.09 Å². The van der Waals surface area contributed by atoms with E-state index in [1.54, 1.807) is 20.2 Å². The number of carbonyl (C=O) groups excluding carboxylic acids is 1. The van der Waals surface area contributed by atoms with Crippen LogP contribution in [0.1, 0.15) is 20.8 Å². The predicted octanol–water partition coefficient (Wildman–Crippen LogP) is 1.75. The Bertz CT molecular complexity index is 200. The van der Waals surface area contributed by atoms with Gasteiger partial charge in [-0.3, -0.25) is 0 Å². The van der Waals surface area contributed by atoms with E-state index in [-0.39, 0.29) is 5.92 Å². The van der Waals surface area contributed by atoms with Crippen molar-refractivity contribution >= 4 is 6.09 Å². The zero-order valence-corrected chi connectivity index (χ0v) is 8.92. The second kappa shape index (κ2) is 5.59. The van der Waals surface area contributed by atoms with Crippen molar-refractivity contribution in [3.8, 4) is 0 Å². The quantitative estimate of drug-likeness (QED) is 0.539. The zero-order valence-electron chi connectivity index (χ0n) is 8.92. The van der Waals surface area contributed by atoms with Crippen LogP contribution in [0.25, 0.3) is 0 Å². The molecule has 0 unspecified atom stereocenters. The van der Waals surface area contributed by atoms with Gasteiger partial charge in [0.25, 0.3) is 0 Å². The molecule has 0 aromatic heterocycles. The van der Waals surface area contributed by atoms with E-state index in [2.05, 4.69) is 5.43 Å². The number of ether oxygens (including phenoxy) is 1. The molecule has 0 radical (unpaired) electrons. The fourth-order valence-corrected chi connectivity index (χ4v) is 0.771. The molecule has 0 aliphatic rings. The SMILES string of the molecule is C/C=C(/OC(=O)N(C)NC)C(C)C. The molecule has 0 saturated heterocycles. The Labute approximate surface area is 79.5 Å². The predicted molar refractivity (Wildman–Crippen MR) is 51.9 cm³/mol. The first kappa shape index (κ1) is 12.0. The van der Waals surface area contributed by atoms with Crippen LogP contribution < -0.4 is 5.43 Å². The number of rotatable bonds is 3. The van der Waals surface area contributed by atoms with Gasteiger partial charge in [-0.2, -0.15) is 0 Å². The number of hydrogen-bond donors (Lipinski definition) is 1. The molecule has 0 bridgehead atoms. The fourth-order valence-electron chi connectivity index (χ4n) is 0.771. The van der Waals surface area contributed by atoms with Gasteiger partial charge in [0.05, 0.1) is 0 Å². The molecule has 13 heavy (non-hydrogen) atoms. The van der Waals surface area contributed by atoms with Crippen molar-refractivity contribution in [2.24, 2.45) is 5.92 Å². The van der Waals surface area contributed by atoms with E-state index >= 15 is 0 Å². The molecule has 0 aromatic carbocycles. The second-order valence-corrected chi connectivity index (χ2v) is 3.00. The largest absolute Gasteiger partial charge is 0.429 e. The third-order valence-electron chi connectivity index (χ3n) is 1.67. The van der Waals surface area contributed by atoms with E-state index in [4.69, 9.17) is 4.74 Å². The molecule has 1 N–H and O–H groups in total. The molecule has 4 heteroatoms. The molecule has 0 aliphatic carbocycles. The second-order valence-electron chi connectivity index (χ2n) is 3.00. The molecule has 0 saturated carbocycles. The lowest BCUT2D eigenvalue weighted by atomic mass is 10.2. The van der Waals surface area contributed by atoms with Crippen molar-refractivity contribution in [3.05, 3.63) is 11.8 Å². The Balaban J connectivity index is 4.19. The lowest BCUT2D eigenvalue weighted by Gasteiger charge is -2.17. The molecule has 0 rings (SSSR count). The molecule has 76 valence electrons.